The van der Waals surface area contributed by atoms with Crippen LogP contribution in [0.25, 0.3) is 0 Å². The lowest BCUT2D eigenvalue weighted by atomic mass is 9.80. The number of carbonyl (C=O) groups excluding carboxylic acids is 1. The fourth-order valence-electron chi connectivity index (χ4n) is 4.17. The molecule has 1 aromatic rings. The van der Waals surface area contributed by atoms with Crippen molar-refractivity contribution >= 4 is 5.91 Å². The number of rotatable bonds is 6. The highest BCUT2D eigenvalue weighted by Gasteiger charge is 2.38. The predicted octanol–water partition coefficient (Wildman–Crippen LogP) is 3.09. The Morgan fingerprint density at radius 1 is 1.28 bits per heavy atom. The normalized spacial score (nSPS) is 25.2. The van der Waals surface area contributed by atoms with E-state index in [2.05, 4.69) is 34.0 Å². The number of nitrogens with zero attached hydrogens (tertiary/aromatic N) is 3. The maximum atomic E-state index is 12.8. The summed E-state index contributed by atoms with van der Waals surface area (Å²) in [6.45, 7) is 6.97. The van der Waals surface area contributed by atoms with Crippen molar-refractivity contribution in [3.05, 3.63) is 23.8 Å². The minimum atomic E-state index is -0.274. The zero-order valence-corrected chi connectivity index (χ0v) is 15.8. The van der Waals surface area contributed by atoms with Crippen molar-refractivity contribution in [2.24, 2.45) is 5.41 Å². The van der Waals surface area contributed by atoms with Crippen LogP contribution in [0.4, 0.5) is 0 Å². The third-order valence-electron chi connectivity index (χ3n) is 5.65. The van der Waals surface area contributed by atoms with E-state index in [1.165, 1.54) is 12.8 Å². The highest BCUT2D eigenvalue weighted by molar-refractivity contribution is 5.82. The van der Waals surface area contributed by atoms with Crippen LogP contribution >= 0.6 is 0 Å². The smallest absolute Gasteiger partial charge is 0.227 e. The summed E-state index contributed by atoms with van der Waals surface area (Å²) in [5, 5.41) is 3.30. The van der Waals surface area contributed by atoms with Gasteiger partial charge in [0, 0.05) is 43.5 Å². The quantitative estimate of drug-likeness (QED) is 0.861. The van der Waals surface area contributed by atoms with Crippen LogP contribution < -0.4 is 5.32 Å². The Hall–Kier alpha value is -1.49. The van der Waals surface area contributed by atoms with Crippen molar-refractivity contribution in [2.45, 2.75) is 77.8 Å². The molecule has 1 aliphatic heterocycles. The Morgan fingerprint density at radius 2 is 2.00 bits per heavy atom. The molecule has 2 heterocycles. The molecule has 1 aliphatic carbocycles. The molecule has 0 radical (unpaired) electrons. The molecule has 1 atom stereocenters. The lowest BCUT2D eigenvalue weighted by Gasteiger charge is -2.39. The lowest BCUT2D eigenvalue weighted by Crippen LogP contribution is -2.51. The minimum absolute atomic E-state index is 0.249. The van der Waals surface area contributed by atoms with E-state index in [1.54, 1.807) is 0 Å². The molecule has 2 aliphatic rings. The number of aromatic nitrogens is 2. The van der Waals surface area contributed by atoms with Gasteiger partial charge in [0.25, 0.3) is 0 Å². The molecule has 0 spiro atoms. The summed E-state index contributed by atoms with van der Waals surface area (Å²) < 4.78 is 0. The van der Waals surface area contributed by atoms with E-state index in [4.69, 9.17) is 0 Å². The van der Waals surface area contributed by atoms with Crippen LogP contribution in [0.3, 0.4) is 0 Å². The zero-order chi connectivity index (χ0) is 17.7. The molecule has 5 nitrogen and oxygen atoms in total. The minimum Gasteiger partial charge on any atom is -0.353 e. The molecular weight excluding hydrogens is 312 g/mol. The molecule has 1 N–H and O–H groups in total. The van der Waals surface area contributed by atoms with Crippen LogP contribution in [-0.4, -0.2) is 39.9 Å². The van der Waals surface area contributed by atoms with E-state index in [1.807, 2.05) is 12.4 Å². The van der Waals surface area contributed by atoms with Crippen molar-refractivity contribution < 1.29 is 4.79 Å². The van der Waals surface area contributed by atoms with E-state index in [0.717, 1.165) is 69.5 Å². The molecule has 5 heteroatoms. The van der Waals surface area contributed by atoms with Gasteiger partial charge in [-0.3, -0.25) is 9.69 Å². The molecule has 138 valence electrons. The van der Waals surface area contributed by atoms with E-state index < -0.39 is 0 Å². The monoisotopic (exact) mass is 344 g/mol. The summed E-state index contributed by atoms with van der Waals surface area (Å²) in [6, 6.07) is 0.402. The first-order valence-corrected chi connectivity index (χ1v) is 9.92. The molecule has 0 bridgehead atoms. The summed E-state index contributed by atoms with van der Waals surface area (Å²) in [4.78, 5) is 24.1. The first kappa shape index (κ1) is 18.3. The topological polar surface area (TPSA) is 58.1 Å². The van der Waals surface area contributed by atoms with Gasteiger partial charge in [0.15, 0.2) is 0 Å². The average molecular weight is 345 g/mol. The molecular formula is C20H32N4O. The molecule has 1 amide bonds. The van der Waals surface area contributed by atoms with Crippen molar-refractivity contribution in [1.82, 2.24) is 20.2 Å². The average Bonchev–Trinajstić information content (AvgIpc) is 3.10. The number of amides is 1. The third kappa shape index (κ3) is 4.78. The van der Waals surface area contributed by atoms with Gasteiger partial charge in [0.05, 0.1) is 5.41 Å². The van der Waals surface area contributed by atoms with Crippen LogP contribution in [0, 0.1) is 5.41 Å². The van der Waals surface area contributed by atoms with Crippen molar-refractivity contribution in [1.29, 1.82) is 0 Å². The highest BCUT2D eigenvalue weighted by atomic mass is 16.2. The molecule has 1 aromatic heterocycles. The fraction of sp³-hybridized carbons (Fsp3) is 0.750. The van der Waals surface area contributed by atoms with Gasteiger partial charge >= 0.3 is 0 Å². The summed E-state index contributed by atoms with van der Waals surface area (Å²) in [5.41, 5.74) is 0.865. The van der Waals surface area contributed by atoms with Crippen LogP contribution in [0.15, 0.2) is 12.4 Å². The van der Waals surface area contributed by atoms with Gasteiger partial charge < -0.3 is 5.32 Å². The van der Waals surface area contributed by atoms with Gasteiger partial charge in [-0.25, -0.2) is 9.97 Å². The third-order valence-corrected chi connectivity index (χ3v) is 5.65. The number of aryl methyl sites for hydroxylation is 1. The van der Waals surface area contributed by atoms with Gasteiger partial charge in [0.2, 0.25) is 5.91 Å². The number of likely N-dealkylation sites (tertiary alicyclic amines) is 1. The highest BCUT2D eigenvalue weighted by Crippen LogP contribution is 2.31. The molecule has 0 unspecified atom stereocenters. The van der Waals surface area contributed by atoms with Crippen molar-refractivity contribution in [3.8, 4) is 0 Å². The standard InChI is InChI=1S/C20H32N4O/c1-3-7-18-21-12-16(13-22-18)14-24-11-6-10-20(2,15-24)19(25)23-17-8-4-5-9-17/h12-13,17H,3-11,14-15H2,1-2H3,(H,23,25)/t20-/m1/s1. The molecule has 1 saturated carbocycles. The van der Waals surface area contributed by atoms with E-state index in [0.29, 0.717) is 6.04 Å². The van der Waals surface area contributed by atoms with Gasteiger partial charge in [0.1, 0.15) is 5.82 Å². The number of hydrogen-bond acceptors (Lipinski definition) is 4. The molecule has 0 aromatic carbocycles. The summed E-state index contributed by atoms with van der Waals surface area (Å²) in [6.07, 6.45) is 12.7. The Balaban J connectivity index is 1.56. The largest absolute Gasteiger partial charge is 0.353 e. The van der Waals surface area contributed by atoms with Crippen LogP contribution in [-0.2, 0) is 17.8 Å². The van der Waals surface area contributed by atoms with E-state index in [9.17, 15) is 4.79 Å². The summed E-state index contributed by atoms with van der Waals surface area (Å²) >= 11 is 0. The van der Waals surface area contributed by atoms with E-state index >= 15 is 0 Å². The molecule has 1 saturated heterocycles. The number of carbonyl (C=O) groups is 1. The molecule has 2 fully saturated rings. The summed E-state index contributed by atoms with van der Waals surface area (Å²) in [5.74, 6) is 1.17. The van der Waals surface area contributed by atoms with Crippen LogP contribution in [0.1, 0.15) is 70.2 Å². The van der Waals surface area contributed by atoms with Crippen LogP contribution in [0.2, 0.25) is 0 Å². The Kier molecular flexibility index (Phi) is 6.05. The van der Waals surface area contributed by atoms with Gasteiger partial charge in [-0.1, -0.05) is 19.8 Å². The van der Waals surface area contributed by atoms with Crippen molar-refractivity contribution in [3.63, 3.8) is 0 Å². The van der Waals surface area contributed by atoms with Gasteiger partial charge in [-0.05, 0) is 45.6 Å². The van der Waals surface area contributed by atoms with Crippen LogP contribution in [0.5, 0.6) is 0 Å². The van der Waals surface area contributed by atoms with Gasteiger partial charge in [-0.15, -0.1) is 0 Å². The predicted molar refractivity (Wildman–Crippen MR) is 99.0 cm³/mol. The SMILES string of the molecule is CCCc1ncc(CN2CCC[C@@](C)(C(=O)NC3CCCC3)C2)cn1. The Labute approximate surface area is 151 Å². The first-order chi connectivity index (χ1) is 12.1. The second-order valence-corrected chi connectivity index (χ2v) is 8.09. The molecule has 3 rings (SSSR count). The lowest BCUT2D eigenvalue weighted by molar-refractivity contribution is -0.134. The molecule has 25 heavy (non-hydrogen) atoms. The maximum Gasteiger partial charge on any atom is 0.227 e. The Morgan fingerprint density at radius 3 is 2.68 bits per heavy atom. The second-order valence-electron chi connectivity index (χ2n) is 8.09. The Bertz CT molecular complexity index is 568. The fourth-order valence-corrected chi connectivity index (χ4v) is 4.17. The number of piperidine rings is 1. The van der Waals surface area contributed by atoms with Crippen molar-refractivity contribution in [2.75, 3.05) is 13.1 Å². The first-order valence-electron chi connectivity index (χ1n) is 9.92. The van der Waals surface area contributed by atoms with E-state index in [-0.39, 0.29) is 11.3 Å². The zero-order valence-electron chi connectivity index (χ0n) is 15.8. The number of hydrogen-bond donors (Lipinski definition) is 1. The van der Waals surface area contributed by atoms with Gasteiger partial charge in [-0.2, -0.15) is 0 Å². The second kappa shape index (κ2) is 8.26. The summed E-state index contributed by atoms with van der Waals surface area (Å²) in [7, 11) is 0. The number of nitrogens with one attached hydrogen (secondary N) is 1. The maximum absolute atomic E-state index is 12.8.